The number of alkyl carbamates (subject to hydrolysis) is 1. The molecule has 2 aromatic rings. The summed E-state index contributed by atoms with van der Waals surface area (Å²) in [5, 5.41) is 23.0. The Kier molecular flexibility index (Phi) is 7.44. The van der Waals surface area contributed by atoms with Gasteiger partial charge in [-0.2, -0.15) is 0 Å². The van der Waals surface area contributed by atoms with E-state index in [1.165, 1.54) is 0 Å². The molecule has 0 heterocycles. The summed E-state index contributed by atoms with van der Waals surface area (Å²) in [5.74, 6) is 0. The Labute approximate surface area is 154 Å². The van der Waals surface area contributed by atoms with E-state index >= 15 is 0 Å². The molecule has 0 saturated carbocycles. The molecule has 140 valence electrons. The molecule has 26 heavy (non-hydrogen) atoms. The maximum absolute atomic E-state index is 11.7. The van der Waals surface area contributed by atoms with Crippen molar-refractivity contribution in [3.8, 4) is 0 Å². The van der Waals surface area contributed by atoms with Crippen molar-refractivity contribution >= 4 is 11.8 Å². The number of aliphatic hydroxyl groups excluding tert-OH is 2. The van der Waals surface area contributed by atoms with Crippen LogP contribution in [0.4, 0.5) is 10.5 Å². The van der Waals surface area contributed by atoms with Crippen LogP contribution in [-0.4, -0.2) is 43.1 Å². The summed E-state index contributed by atoms with van der Waals surface area (Å²) in [6.45, 7) is 0.397. The summed E-state index contributed by atoms with van der Waals surface area (Å²) in [6.07, 6.45) is -2.34. The van der Waals surface area contributed by atoms with Gasteiger partial charge < -0.3 is 25.2 Å². The summed E-state index contributed by atoms with van der Waals surface area (Å²) in [4.78, 5) is 13.6. The zero-order valence-electron chi connectivity index (χ0n) is 15.1. The van der Waals surface area contributed by atoms with Crippen molar-refractivity contribution in [2.45, 2.75) is 25.2 Å². The minimum absolute atomic E-state index is 0.190. The maximum Gasteiger partial charge on any atom is 0.407 e. The van der Waals surface area contributed by atoms with Crippen LogP contribution < -0.4 is 10.2 Å². The Balaban J connectivity index is 1.74. The molecule has 3 N–H and O–H groups in total. The Morgan fingerprint density at radius 1 is 1.12 bits per heavy atom. The number of nitrogens with one attached hydrogen (secondary N) is 1. The number of ether oxygens (including phenoxy) is 1. The van der Waals surface area contributed by atoms with Gasteiger partial charge in [0.05, 0.1) is 6.10 Å². The number of anilines is 1. The van der Waals surface area contributed by atoms with Crippen molar-refractivity contribution in [3.63, 3.8) is 0 Å². The number of benzene rings is 2. The van der Waals surface area contributed by atoms with Gasteiger partial charge in [0.1, 0.15) is 12.7 Å². The molecule has 6 nitrogen and oxygen atoms in total. The first-order valence-electron chi connectivity index (χ1n) is 8.55. The molecule has 0 spiro atoms. The van der Waals surface area contributed by atoms with E-state index in [-0.39, 0.29) is 19.6 Å². The summed E-state index contributed by atoms with van der Waals surface area (Å²) in [6, 6.07) is 16.7. The number of hydrogen-bond donors (Lipinski definition) is 3. The summed E-state index contributed by atoms with van der Waals surface area (Å²) >= 11 is 0. The van der Waals surface area contributed by atoms with Crippen LogP contribution in [-0.2, 0) is 11.3 Å². The molecule has 2 aromatic carbocycles. The fourth-order valence-electron chi connectivity index (χ4n) is 2.46. The molecule has 0 saturated heterocycles. The zero-order chi connectivity index (χ0) is 18.9. The van der Waals surface area contributed by atoms with Crippen molar-refractivity contribution in [3.05, 3.63) is 65.7 Å². The van der Waals surface area contributed by atoms with E-state index in [4.69, 9.17) is 4.74 Å². The van der Waals surface area contributed by atoms with Crippen LogP contribution in [0.5, 0.6) is 0 Å². The third kappa shape index (κ3) is 6.06. The van der Waals surface area contributed by atoms with Crippen molar-refractivity contribution in [1.82, 2.24) is 5.32 Å². The van der Waals surface area contributed by atoms with Gasteiger partial charge in [0.25, 0.3) is 0 Å². The van der Waals surface area contributed by atoms with Crippen LogP contribution in [0.15, 0.2) is 54.6 Å². The second-order valence-corrected chi connectivity index (χ2v) is 6.28. The maximum atomic E-state index is 11.7. The van der Waals surface area contributed by atoms with Crippen LogP contribution >= 0.6 is 0 Å². The van der Waals surface area contributed by atoms with Crippen LogP contribution in [0.25, 0.3) is 0 Å². The number of hydrogen-bond acceptors (Lipinski definition) is 5. The molecular weight excluding hydrogens is 332 g/mol. The summed E-state index contributed by atoms with van der Waals surface area (Å²) < 4.78 is 5.10. The number of aliphatic hydroxyl groups is 2. The molecule has 2 unspecified atom stereocenters. The van der Waals surface area contributed by atoms with E-state index in [1.807, 2.05) is 67.5 Å². The highest BCUT2D eigenvalue weighted by Crippen LogP contribution is 2.23. The van der Waals surface area contributed by atoms with Gasteiger partial charge in [0.2, 0.25) is 0 Å². The van der Waals surface area contributed by atoms with Crippen molar-refractivity contribution in [2.24, 2.45) is 0 Å². The molecule has 2 rings (SSSR count). The second-order valence-electron chi connectivity index (χ2n) is 6.28. The zero-order valence-corrected chi connectivity index (χ0v) is 15.1. The minimum atomic E-state index is -1.02. The lowest BCUT2D eigenvalue weighted by Crippen LogP contribution is -2.29. The van der Waals surface area contributed by atoms with Gasteiger partial charge in [-0.25, -0.2) is 4.79 Å². The van der Waals surface area contributed by atoms with E-state index in [1.54, 1.807) is 6.07 Å². The van der Waals surface area contributed by atoms with E-state index < -0.39 is 18.3 Å². The predicted octanol–water partition coefficient (Wildman–Crippen LogP) is 2.46. The van der Waals surface area contributed by atoms with E-state index in [0.29, 0.717) is 5.56 Å². The average molecular weight is 358 g/mol. The molecule has 0 aliphatic heterocycles. The summed E-state index contributed by atoms with van der Waals surface area (Å²) in [7, 11) is 3.82. The lowest BCUT2D eigenvalue weighted by atomic mass is 10.0. The van der Waals surface area contributed by atoms with Gasteiger partial charge in [-0.3, -0.25) is 0 Å². The highest BCUT2D eigenvalue weighted by molar-refractivity contribution is 5.67. The first-order chi connectivity index (χ1) is 12.5. The number of carbonyl (C=O) groups excluding carboxylic acids is 1. The summed E-state index contributed by atoms with van der Waals surface area (Å²) in [5.41, 5.74) is 2.48. The molecule has 6 heteroatoms. The van der Waals surface area contributed by atoms with Gasteiger partial charge in [0, 0.05) is 26.3 Å². The Bertz CT molecular complexity index is 691. The molecule has 2 atom stereocenters. The van der Waals surface area contributed by atoms with Crippen LogP contribution in [0, 0.1) is 0 Å². The van der Waals surface area contributed by atoms with Gasteiger partial charge in [-0.05, 0) is 29.7 Å². The van der Waals surface area contributed by atoms with Gasteiger partial charge in [0.15, 0.2) is 0 Å². The number of amides is 1. The monoisotopic (exact) mass is 358 g/mol. The first kappa shape index (κ1) is 19.8. The average Bonchev–Trinajstić information content (AvgIpc) is 2.66. The highest BCUT2D eigenvalue weighted by atomic mass is 16.5. The standard InChI is InChI=1S/C20H26N2O4/c1-22(2)17-10-6-9-16(13-17)19(24)18(23)11-12-21-20(25)26-14-15-7-4-3-5-8-15/h3-10,13,18-19,23-24H,11-12,14H2,1-2H3,(H,21,25). The van der Waals surface area contributed by atoms with E-state index in [0.717, 1.165) is 11.3 Å². The molecule has 0 aromatic heterocycles. The smallest absolute Gasteiger partial charge is 0.407 e. The van der Waals surface area contributed by atoms with Crippen molar-refractivity contribution in [2.75, 3.05) is 25.5 Å². The van der Waals surface area contributed by atoms with Gasteiger partial charge in [-0.1, -0.05) is 42.5 Å². The highest BCUT2D eigenvalue weighted by Gasteiger charge is 2.19. The molecule has 0 aliphatic rings. The van der Waals surface area contributed by atoms with E-state index in [2.05, 4.69) is 5.32 Å². The molecule has 0 aliphatic carbocycles. The molecule has 0 radical (unpaired) electrons. The third-order valence-electron chi connectivity index (χ3n) is 4.01. The lowest BCUT2D eigenvalue weighted by Gasteiger charge is -2.20. The lowest BCUT2D eigenvalue weighted by molar-refractivity contribution is 0.0136. The Hall–Kier alpha value is -2.57. The molecular formula is C20H26N2O4. The van der Waals surface area contributed by atoms with Crippen LogP contribution in [0.2, 0.25) is 0 Å². The van der Waals surface area contributed by atoms with E-state index in [9.17, 15) is 15.0 Å². The SMILES string of the molecule is CN(C)c1cccc(C(O)C(O)CCNC(=O)OCc2ccccc2)c1. The minimum Gasteiger partial charge on any atom is -0.445 e. The van der Waals surface area contributed by atoms with Gasteiger partial charge in [-0.15, -0.1) is 0 Å². The largest absolute Gasteiger partial charge is 0.445 e. The fraction of sp³-hybridized carbons (Fsp3) is 0.350. The quantitative estimate of drug-likeness (QED) is 0.675. The topological polar surface area (TPSA) is 82.0 Å². The Morgan fingerprint density at radius 3 is 2.54 bits per heavy atom. The van der Waals surface area contributed by atoms with Crippen molar-refractivity contribution < 1.29 is 19.7 Å². The number of carbonyl (C=O) groups is 1. The van der Waals surface area contributed by atoms with Gasteiger partial charge >= 0.3 is 6.09 Å². The first-order valence-corrected chi connectivity index (χ1v) is 8.55. The Morgan fingerprint density at radius 2 is 1.85 bits per heavy atom. The number of rotatable bonds is 8. The molecule has 0 fully saturated rings. The third-order valence-corrected chi connectivity index (χ3v) is 4.01. The normalized spacial score (nSPS) is 12.9. The fourth-order valence-corrected chi connectivity index (χ4v) is 2.46. The predicted molar refractivity (Wildman–Crippen MR) is 101 cm³/mol. The number of nitrogens with zero attached hydrogens (tertiary/aromatic N) is 1. The molecule has 0 bridgehead atoms. The molecule has 1 amide bonds. The van der Waals surface area contributed by atoms with Crippen LogP contribution in [0.3, 0.4) is 0 Å². The second kappa shape index (κ2) is 9.79. The van der Waals surface area contributed by atoms with Crippen LogP contribution in [0.1, 0.15) is 23.7 Å². The van der Waals surface area contributed by atoms with Crippen molar-refractivity contribution in [1.29, 1.82) is 0 Å².